The average Bonchev–Trinajstić information content (AvgIpc) is 2.32. The normalized spacial score (nSPS) is 32.2. The maximum Gasteiger partial charge on any atom is 0.123 e. The Morgan fingerprint density at radius 1 is 1.12 bits per heavy atom. The molecule has 1 aromatic rings. The van der Waals surface area contributed by atoms with Crippen LogP contribution in [0.3, 0.4) is 0 Å². The summed E-state index contributed by atoms with van der Waals surface area (Å²) in [5.74, 6) is -0.189. The zero-order valence-electron chi connectivity index (χ0n) is 9.66. The number of rotatable bonds is 2. The highest BCUT2D eigenvalue weighted by atomic mass is 19.1. The van der Waals surface area contributed by atoms with E-state index in [1.165, 1.54) is 12.1 Å². The molecule has 3 nitrogen and oxygen atoms in total. The molecule has 2 heterocycles. The molecule has 0 amide bonds. The molecule has 0 aliphatic carbocycles. The summed E-state index contributed by atoms with van der Waals surface area (Å²) in [5.41, 5.74) is 0.997. The number of benzene rings is 1. The van der Waals surface area contributed by atoms with Crippen molar-refractivity contribution >= 4 is 5.69 Å². The van der Waals surface area contributed by atoms with Crippen molar-refractivity contribution in [3.05, 3.63) is 30.1 Å². The smallest absolute Gasteiger partial charge is 0.123 e. The predicted octanol–water partition coefficient (Wildman–Crippen LogP) is 1.76. The Balaban J connectivity index is 1.63. The van der Waals surface area contributed by atoms with Crippen LogP contribution in [0.5, 0.6) is 0 Å². The van der Waals surface area contributed by atoms with Crippen LogP contribution >= 0.6 is 0 Å². The van der Waals surface area contributed by atoms with Gasteiger partial charge in [-0.05, 0) is 37.1 Å². The van der Waals surface area contributed by atoms with E-state index < -0.39 is 0 Å². The average molecular weight is 236 g/mol. The maximum absolute atomic E-state index is 12.8. The van der Waals surface area contributed by atoms with E-state index in [0.29, 0.717) is 18.1 Å². The highest BCUT2D eigenvalue weighted by Crippen LogP contribution is 2.22. The van der Waals surface area contributed by atoms with Gasteiger partial charge in [-0.15, -0.1) is 0 Å². The van der Waals surface area contributed by atoms with Crippen molar-refractivity contribution in [1.29, 1.82) is 0 Å². The van der Waals surface area contributed by atoms with E-state index in [4.69, 9.17) is 4.74 Å². The van der Waals surface area contributed by atoms with Gasteiger partial charge >= 0.3 is 0 Å². The molecule has 0 radical (unpaired) electrons. The van der Waals surface area contributed by atoms with Gasteiger partial charge in [0.15, 0.2) is 0 Å². The molecule has 0 saturated carbocycles. The van der Waals surface area contributed by atoms with Crippen molar-refractivity contribution in [2.24, 2.45) is 0 Å². The van der Waals surface area contributed by atoms with Crippen LogP contribution in [0, 0.1) is 5.82 Å². The lowest BCUT2D eigenvalue weighted by molar-refractivity contribution is 0.0207. The van der Waals surface area contributed by atoms with Gasteiger partial charge < -0.3 is 15.4 Å². The number of hydrogen-bond donors (Lipinski definition) is 2. The third-order valence-electron chi connectivity index (χ3n) is 3.46. The Morgan fingerprint density at radius 3 is 2.41 bits per heavy atom. The van der Waals surface area contributed by atoms with Crippen molar-refractivity contribution in [2.75, 3.05) is 18.5 Å². The molecule has 2 aliphatic rings. The Bertz CT molecular complexity index is 370. The lowest BCUT2D eigenvalue weighted by Crippen LogP contribution is -2.56. The second-order valence-corrected chi connectivity index (χ2v) is 4.92. The van der Waals surface area contributed by atoms with Gasteiger partial charge in [0.25, 0.3) is 0 Å². The van der Waals surface area contributed by atoms with Gasteiger partial charge in [-0.25, -0.2) is 4.39 Å². The SMILES string of the molecule is Fc1ccc(NC2CC3COCC(C2)N3)cc1. The lowest BCUT2D eigenvalue weighted by Gasteiger charge is -2.40. The number of fused-ring (bicyclic) bond motifs is 2. The van der Waals surface area contributed by atoms with Gasteiger partial charge in [0.2, 0.25) is 0 Å². The summed E-state index contributed by atoms with van der Waals surface area (Å²) in [5, 5.41) is 7.03. The highest BCUT2D eigenvalue weighted by molar-refractivity contribution is 5.44. The number of hydrogen-bond acceptors (Lipinski definition) is 3. The molecular weight excluding hydrogens is 219 g/mol. The third kappa shape index (κ3) is 2.58. The number of halogens is 1. The van der Waals surface area contributed by atoms with Crippen molar-refractivity contribution in [3.8, 4) is 0 Å². The molecule has 1 aromatic carbocycles. The van der Waals surface area contributed by atoms with Crippen molar-refractivity contribution < 1.29 is 9.13 Å². The van der Waals surface area contributed by atoms with Crippen molar-refractivity contribution in [2.45, 2.75) is 31.0 Å². The first-order valence-electron chi connectivity index (χ1n) is 6.15. The Kier molecular flexibility index (Phi) is 2.99. The summed E-state index contributed by atoms with van der Waals surface area (Å²) in [4.78, 5) is 0. The van der Waals surface area contributed by atoms with Gasteiger partial charge in [-0.1, -0.05) is 0 Å². The Hall–Kier alpha value is -1.13. The van der Waals surface area contributed by atoms with E-state index in [1.54, 1.807) is 12.1 Å². The first kappa shape index (κ1) is 11.0. The second kappa shape index (κ2) is 4.63. The molecule has 2 saturated heterocycles. The topological polar surface area (TPSA) is 33.3 Å². The number of anilines is 1. The van der Waals surface area contributed by atoms with E-state index in [9.17, 15) is 4.39 Å². The molecule has 0 aromatic heterocycles. The molecule has 0 spiro atoms. The van der Waals surface area contributed by atoms with E-state index >= 15 is 0 Å². The molecule has 4 heteroatoms. The molecule has 17 heavy (non-hydrogen) atoms. The fraction of sp³-hybridized carbons (Fsp3) is 0.538. The Morgan fingerprint density at radius 2 is 1.76 bits per heavy atom. The second-order valence-electron chi connectivity index (χ2n) is 4.92. The minimum Gasteiger partial charge on any atom is -0.382 e. The quantitative estimate of drug-likeness (QED) is 0.821. The first-order valence-corrected chi connectivity index (χ1v) is 6.15. The predicted molar refractivity (Wildman–Crippen MR) is 64.6 cm³/mol. The standard InChI is InChI=1S/C13H17FN2O/c14-9-1-3-10(4-2-9)15-11-5-12-7-17-8-13(6-11)16-12/h1-4,11-13,15-16H,5-8H2. The van der Waals surface area contributed by atoms with Gasteiger partial charge in [0, 0.05) is 23.8 Å². The fourth-order valence-electron chi connectivity index (χ4n) is 2.74. The van der Waals surface area contributed by atoms with Gasteiger partial charge in [-0.3, -0.25) is 0 Å². The molecule has 2 unspecified atom stereocenters. The number of ether oxygens (including phenoxy) is 1. The molecule has 2 N–H and O–H groups in total. The zero-order valence-corrected chi connectivity index (χ0v) is 9.66. The van der Waals surface area contributed by atoms with Crippen LogP contribution in [-0.2, 0) is 4.74 Å². The van der Waals surface area contributed by atoms with Crippen LogP contribution in [0.1, 0.15) is 12.8 Å². The minimum absolute atomic E-state index is 0.189. The van der Waals surface area contributed by atoms with Crippen LogP contribution in [0.15, 0.2) is 24.3 Å². The van der Waals surface area contributed by atoms with Crippen LogP contribution in [-0.4, -0.2) is 31.3 Å². The van der Waals surface area contributed by atoms with Crippen molar-refractivity contribution in [3.63, 3.8) is 0 Å². The molecule has 3 rings (SSSR count). The fourth-order valence-corrected chi connectivity index (χ4v) is 2.74. The zero-order chi connectivity index (χ0) is 11.7. The largest absolute Gasteiger partial charge is 0.382 e. The molecule has 2 atom stereocenters. The molecule has 2 fully saturated rings. The van der Waals surface area contributed by atoms with Gasteiger partial charge in [0.05, 0.1) is 13.2 Å². The minimum atomic E-state index is -0.189. The van der Waals surface area contributed by atoms with Crippen LogP contribution in [0.4, 0.5) is 10.1 Å². The number of nitrogens with one attached hydrogen (secondary N) is 2. The summed E-state index contributed by atoms with van der Waals surface area (Å²) < 4.78 is 18.3. The lowest BCUT2D eigenvalue weighted by atomic mass is 9.92. The van der Waals surface area contributed by atoms with E-state index in [-0.39, 0.29) is 5.82 Å². The maximum atomic E-state index is 12.8. The summed E-state index contributed by atoms with van der Waals surface area (Å²) >= 11 is 0. The number of morpholine rings is 1. The molecule has 92 valence electrons. The summed E-state index contributed by atoms with van der Waals surface area (Å²) in [6.45, 7) is 1.61. The van der Waals surface area contributed by atoms with Crippen LogP contribution in [0.2, 0.25) is 0 Å². The monoisotopic (exact) mass is 236 g/mol. The Labute approximate surface area is 100 Å². The summed E-state index contributed by atoms with van der Waals surface area (Å²) in [6.07, 6.45) is 2.13. The molecule has 2 aliphatic heterocycles. The molecule has 2 bridgehead atoms. The highest BCUT2D eigenvalue weighted by Gasteiger charge is 2.31. The summed E-state index contributed by atoms with van der Waals surface area (Å²) in [7, 11) is 0. The number of piperidine rings is 1. The van der Waals surface area contributed by atoms with Gasteiger partial charge in [-0.2, -0.15) is 0 Å². The van der Waals surface area contributed by atoms with Crippen LogP contribution < -0.4 is 10.6 Å². The molecular formula is C13H17FN2O. The van der Waals surface area contributed by atoms with Crippen LogP contribution in [0.25, 0.3) is 0 Å². The van der Waals surface area contributed by atoms with E-state index in [0.717, 1.165) is 31.7 Å². The summed E-state index contributed by atoms with van der Waals surface area (Å²) in [6, 6.07) is 7.95. The van der Waals surface area contributed by atoms with Gasteiger partial charge in [0.1, 0.15) is 5.82 Å². The third-order valence-corrected chi connectivity index (χ3v) is 3.46. The first-order chi connectivity index (χ1) is 8.29. The van der Waals surface area contributed by atoms with Crippen molar-refractivity contribution in [1.82, 2.24) is 5.32 Å². The van der Waals surface area contributed by atoms with E-state index in [2.05, 4.69) is 10.6 Å². The van der Waals surface area contributed by atoms with E-state index in [1.807, 2.05) is 0 Å².